The summed E-state index contributed by atoms with van der Waals surface area (Å²) in [5.74, 6) is 0.341. The molecule has 1 atom stereocenters. The molecule has 1 aliphatic rings. The van der Waals surface area contributed by atoms with E-state index in [9.17, 15) is 9.59 Å². The maximum Gasteiger partial charge on any atom is 0.320 e. The second kappa shape index (κ2) is 7.46. The van der Waals surface area contributed by atoms with Crippen molar-refractivity contribution in [2.45, 2.75) is 26.8 Å². The quantitative estimate of drug-likeness (QED) is 0.771. The van der Waals surface area contributed by atoms with Gasteiger partial charge in [0.05, 0.1) is 32.0 Å². The fraction of sp³-hybridized carbons (Fsp3) is 0.529. The van der Waals surface area contributed by atoms with E-state index >= 15 is 0 Å². The maximum atomic E-state index is 12.7. The summed E-state index contributed by atoms with van der Waals surface area (Å²) in [6.07, 6.45) is 0. The van der Waals surface area contributed by atoms with Crippen molar-refractivity contribution in [2.75, 3.05) is 38.3 Å². The van der Waals surface area contributed by atoms with Crippen LogP contribution in [0, 0.1) is 6.92 Å². The van der Waals surface area contributed by atoms with E-state index in [1.165, 1.54) is 0 Å². The Bertz CT molecular complexity index is 588. The van der Waals surface area contributed by atoms with Gasteiger partial charge in [0.1, 0.15) is 5.75 Å². The van der Waals surface area contributed by atoms with Crippen molar-refractivity contribution < 1.29 is 19.1 Å². The SMILES string of the molecule is CCOC(=O)CN1CCN(c2cc(C)ccc2OC)C(=O)C1C. The van der Waals surface area contributed by atoms with Crippen molar-refractivity contribution in [1.82, 2.24) is 4.90 Å². The summed E-state index contributed by atoms with van der Waals surface area (Å²) in [5, 5.41) is 0. The van der Waals surface area contributed by atoms with Crippen LogP contribution in [0.15, 0.2) is 18.2 Å². The number of hydrogen-bond acceptors (Lipinski definition) is 5. The van der Waals surface area contributed by atoms with Gasteiger partial charge in [-0.05, 0) is 38.5 Å². The highest BCUT2D eigenvalue weighted by Gasteiger charge is 2.34. The third-order valence-electron chi connectivity index (χ3n) is 4.04. The summed E-state index contributed by atoms with van der Waals surface area (Å²) in [6, 6.07) is 5.39. The van der Waals surface area contributed by atoms with E-state index in [0.717, 1.165) is 11.3 Å². The molecule has 0 aromatic heterocycles. The summed E-state index contributed by atoms with van der Waals surface area (Å²) < 4.78 is 10.3. The number of nitrogens with zero attached hydrogens (tertiary/aromatic N) is 2. The standard InChI is InChI=1S/C17H24N2O4/c1-5-23-16(20)11-18-8-9-19(17(21)13(18)3)14-10-12(2)6-7-15(14)22-4/h6-7,10,13H,5,8-9,11H2,1-4H3. The van der Waals surface area contributed by atoms with Crippen LogP contribution in [-0.2, 0) is 14.3 Å². The van der Waals surface area contributed by atoms with Gasteiger partial charge in [0.15, 0.2) is 0 Å². The smallest absolute Gasteiger partial charge is 0.320 e. The van der Waals surface area contributed by atoms with Crippen LogP contribution in [0.1, 0.15) is 19.4 Å². The van der Waals surface area contributed by atoms with Gasteiger partial charge in [-0.1, -0.05) is 6.07 Å². The summed E-state index contributed by atoms with van der Waals surface area (Å²) in [4.78, 5) is 28.0. The van der Waals surface area contributed by atoms with E-state index in [0.29, 0.717) is 25.4 Å². The number of carbonyl (C=O) groups is 2. The summed E-state index contributed by atoms with van der Waals surface area (Å²) >= 11 is 0. The predicted octanol–water partition coefficient (Wildman–Crippen LogP) is 1.60. The lowest BCUT2D eigenvalue weighted by atomic mass is 10.1. The third kappa shape index (κ3) is 3.82. The van der Waals surface area contributed by atoms with Crippen LogP contribution >= 0.6 is 0 Å². The highest BCUT2D eigenvalue weighted by molar-refractivity contribution is 5.99. The van der Waals surface area contributed by atoms with Crippen LogP contribution in [0.3, 0.4) is 0 Å². The molecule has 23 heavy (non-hydrogen) atoms. The van der Waals surface area contributed by atoms with E-state index < -0.39 is 0 Å². The molecule has 6 heteroatoms. The van der Waals surface area contributed by atoms with Gasteiger partial charge in [-0.15, -0.1) is 0 Å². The second-order valence-corrected chi connectivity index (χ2v) is 5.62. The largest absolute Gasteiger partial charge is 0.495 e. The first-order valence-corrected chi connectivity index (χ1v) is 7.83. The molecule has 1 aromatic carbocycles. The van der Waals surface area contributed by atoms with Gasteiger partial charge in [0.25, 0.3) is 0 Å². The Morgan fingerprint density at radius 1 is 1.35 bits per heavy atom. The molecular formula is C17H24N2O4. The van der Waals surface area contributed by atoms with Crippen molar-refractivity contribution in [1.29, 1.82) is 0 Å². The summed E-state index contributed by atoms with van der Waals surface area (Å²) in [7, 11) is 1.60. The van der Waals surface area contributed by atoms with E-state index in [1.54, 1.807) is 18.9 Å². The maximum absolute atomic E-state index is 12.7. The fourth-order valence-electron chi connectivity index (χ4n) is 2.75. The molecular weight excluding hydrogens is 296 g/mol. The first-order chi connectivity index (χ1) is 11.0. The summed E-state index contributed by atoms with van der Waals surface area (Å²) in [5.41, 5.74) is 1.84. The number of ether oxygens (including phenoxy) is 2. The molecule has 0 aliphatic carbocycles. The Balaban J connectivity index is 2.15. The monoisotopic (exact) mass is 320 g/mol. The van der Waals surface area contributed by atoms with Gasteiger partial charge in [-0.25, -0.2) is 0 Å². The van der Waals surface area contributed by atoms with E-state index in [4.69, 9.17) is 9.47 Å². The van der Waals surface area contributed by atoms with Gasteiger partial charge in [0.2, 0.25) is 5.91 Å². The zero-order valence-corrected chi connectivity index (χ0v) is 14.2. The molecule has 1 unspecified atom stereocenters. The second-order valence-electron chi connectivity index (χ2n) is 5.62. The lowest BCUT2D eigenvalue weighted by Crippen LogP contribution is -2.57. The molecule has 0 radical (unpaired) electrons. The minimum atomic E-state index is -0.377. The van der Waals surface area contributed by atoms with Crippen LogP contribution in [0.5, 0.6) is 5.75 Å². The number of esters is 1. The van der Waals surface area contributed by atoms with E-state index in [1.807, 2.05) is 36.9 Å². The average molecular weight is 320 g/mol. The minimum absolute atomic E-state index is 0.0375. The molecule has 2 rings (SSSR count). The predicted molar refractivity (Wildman–Crippen MR) is 87.8 cm³/mol. The van der Waals surface area contributed by atoms with E-state index in [-0.39, 0.29) is 24.5 Å². The first kappa shape index (κ1) is 17.3. The molecule has 0 saturated carbocycles. The number of anilines is 1. The van der Waals surface area contributed by atoms with Crippen molar-refractivity contribution in [3.8, 4) is 5.75 Å². The molecule has 1 amide bonds. The number of amides is 1. The molecule has 1 heterocycles. The lowest BCUT2D eigenvalue weighted by Gasteiger charge is -2.38. The zero-order valence-electron chi connectivity index (χ0n) is 14.2. The molecule has 1 fully saturated rings. The Hall–Kier alpha value is -2.08. The highest BCUT2D eigenvalue weighted by Crippen LogP contribution is 2.31. The Morgan fingerprint density at radius 2 is 2.09 bits per heavy atom. The molecule has 0 N–H and O–H groups in total. The van der Waals surface area contributed by atoms with Crippen LogP contribution in [0.2, 0.25) is 0 Å². The van der Waals surface area contributed by atoms with Crippen LogP contribution in [-0.4, -0.2) is 56.2 Å². The number of benzene rings is 1. The number of carbonyl (C=O) groups excluding carboxylic acids is 2. The van der Waals surface area contributed by atoms with Gasteiger partial charge in [-0.3, -0.25) is 14.5 Å². The normalized spacial score (nSPS) is 18.9. The van der Waals surface area contributed by atoms with Crippen LogP contribution in [0.4, 0.5) is 5.69 Å². The number of hydrogen-bond donors (Lipinski definition) is 0. The molecule has 0 bridgehead atoms. The molecule has 6 nitrogen and oxygen atoms in total. The number of rotatable bonds is 5. The lowest BCUT2D eigenvalue weighted by molar-refractivity contribution is -0.145. The van der Waals surface area contributed by atoms with Gasteiger partial charge in [0, 0.05) is 13.1 Å². The van der Waals surface area contributed by atoms with Crippen LogP contribution < -0.4 is 9.64 Å². The Morgan fingerprint density at radius 3 is 2.74 bits per heavy atom. The van der Waals surface area contributed by atoms with Crippen molar-refractivity contribution in [2.24, 2.45) is 0 Å². The van der Waals surface area contributed by atoms with Crippen LogP contribution in [0.25, 0.3) is 0 Å². The van der Waals surface area contributed by atoms with Gasteiger partial charge >= 0.3 is 5.97 Å². The number of methoxy groups -OCH3 is 1. The Labute approximate surface area is 137 Å². The minimum Gasteiger partial charge on any atom is -0.495 e. The van der Waals surface area contributed by atoms with Gasteiger partial charge < -0.3 is 14.4 Å². The fourth-order valence-corrected chi connectivity index (χ4v) is 2.75. The molecule has 126 valence electrons. The van der Waals surface area contributed by atoms with Gasteiger partial charge in [-0.2, -0.15) is 0 Å². The van der Waals surface area contributed by atoms with Crippen molar-refractivity contribution >= 4 is 17.6 Å². The third-order valence-corrected chi connectivity index (χ3v) is 4.04. The number of piperazine rings is 1. The highest BCUT2D eigenvalue weighted by atomic mass is 16.5. The Kier molecular flexibility index (Phi) is 5.60. The topological polar surface area (TPSA) is 59.1 Å². The summed E-state index contributed by atoms with van der Waals surface area (Å²) in [6.45, 7) is 7.19. The number of aryl methyl sites for hydroxylation is 1. The first-order valence-electron chi connectivity index (χ1n) is 7.83. The zero-order chi connectivity index (χ0) is 17.0. The van der Waals surface area contributed by atoms with E-state index in [2.05, 4.69) is 0 Å². The molecule has 1 aromatic rings. The average Bonchev–Trinajstić information content (AvgIpc) is 2.52. The van der Waals surface area contributed by atoms with Crippen molar-refractivity contribution in [3.63, 3.8) is 0 Å². The molecule has 0 spiro atoms. The van der Waals surface area contributed by atoms with Crippen molar-refractivity contribution in [3.05, 3.63) is 23.8 Å². The molecule has 1 aliphatic heterocycles. The molecule has 1 saturated heterocycles.